The maximum absolute atomic E-state index is 13.7. The van der Waals surface area contributed by atoms with Gasteiger partial charge in [-0.1, -0.05) is 25.0 Å². The van der Waals surface area contributed by atoms with E-state index in [1.165, 1.54) is 6.07 Å². The van der Waals surface area contributed by atoms with Gasteiger partial charge in [0.15, 0.2) is 0 Å². The Morgan fingerprint density at radius 2 is 2.05 bits per heavy atom. The van der Waals surface area contributed by atoms with Crippen LogP contribution in [0.25, 0.3) is 0 Å². The Morgan fingerprint density at radius 1 is 1.26 bits per heavy atom. The number of benzene rings is 1. The zero-order valence-corrected chi connectivity index (χ0v) is 11.6. The molecule has 1 aliphatic heterocycles. The molecule has 102 valence electrons. The Kier molecular flexibility index (Phi) is 3.78. The lowest BCUT2D eigenvalue weighted by molar-refractivity contribution is -0.125. The largest absolute Gasteiger partial charge is 0.349 e. The molecule has 2 aliphatic rings. The maximum atomic E-state index is 13.7. The van der Waals surface area contributed by atoms with E-state index in [0.717, 1.165) is 43.4 Å². The van der Waals surface area contributed by atoms with Crippen molar-refractivity contribution in [3.05, 3.63) is 29.6 Å². The van der Waals surface area contributed by atoms with Gasteiger partial charge in [-0.25, -0.2) is 4.39 Å². The van der Waals surface area contributed by atoms with Crippen LogP contribution >= 0.6 is 11.8 Å². The normalized spacial score (nSPS) is 23.1. The summed E-state index contributed by atoms with van der Waals surface area (Å²) in [7, 11) is 0. The molecule has 19 heavy (non-hydrogen) atoms. The average molecular weight is 279 g/mol. The van der Waals surface area contributed by atoms with E-state index in [1.807, 2.05) is 6.07 Å². The Labute approximate surface area is 117 Å². The third kappa shape index (κ3) is 2.64. The van der Waals surface area contributed by atoms with E-state index < -0.39 is 0 Å². The molecule has 1 N–H and O–H groups in total. The molecule has 0 aromatic heterocycles. The van der Waals surface area contributed by atoms with Gasteiger partial charge in [0.1, 0.15) is 5.82 Å². The van der Waals surface area contributed by atoms with Crippen molar-refractivity contribution in [2.75, 3.05) is 5.75 Å². The first kappa shape index (κ1) is 13.0. The molecular formula is C15H18FNOS. The lowest BCUT2D eigenvalue weighted by Crippen LogP contribution is -2.34. The molecule has 1 unspecified atom stereocenters. The average Bonchev–Trinajstić information content (AvgIpc) is 2.94. The van der Waals surface area contributed by atoms with E-state index in [0.29, 0.717) is 4.90 Å². The van der Waals surface area contributed by atoms with Gasteiger partial charge in [-0.3, -0.25) is 4.79 Å². The minimum absolute atomic E-state index is 0.0138. The van der Waals surface area contributed by atoms with Crippen molar-refractivity contribution in [3.63, 3.8) is 0 Å². The third-order valence-electron chi connectivity index (χ3n) is 4.07. The molecule has 1 fully saturated rings. The van der Waals surface area contributed by atoms with Crippen molar-refractivity contribution in [2.45, 2.75) is 43.0 Å². The number of thioether (sulfide) groups is 1. The number of halogens is 1. The molecule has 1 saturated carbocycles. The summed E-state index contributed by atoms with van der Waals surface area (Å²) < 4.78 is 13.7. The molecule has 0 spiro atoms. The fourth-order valence-electron chi connectivity index (χ4n) is 3.01. The van der Waals surface area contributed by atoms with Crippen molar-refractivity contribution in [1.82, 2.24) is 5.32 Å². The van der Waals surface area contributed by atoms with Gasteiger partial charge in [-0.05, 0) is 30.9 Å². The van der Waals surface area contributed by atoms with Crippen LogP contribution in [-0.2, 0) is 4.79 Å². The van der Waals surface area contributed by atoms with Crippen LogP contribution in [0.15, 0.2) is 23.1 Å². The topological polar surface area (TPSA) is 29.1 Å². The SMILES string of the molecule is O=C(NC1CCSc2c(F)cccc21)C1CCCC1. The van der Waals surface area contributed by atoms with E-state index in [4.69, 9.17) is 0 Å². The van der Waals surface area contributed by atoms with Gasteiger partial charge in [0.25, 0.3) is 0 Å². The third-order valence-corrected chi connectivity index (χ3v) is 5.23. The highest BCUT2D eigenvalue weighted by atomic mass is 32.2. The number of nitrogens with one attached hydrogen (secondary N) is 1. The quantitative estimate of drug-likeness (QED) is 0.895. The number of carbonyl (C=O) groups is 1. The number of hydrogen-bond donors (Lipinski definition) is 1. The first-order chi connectivity index (χ1) is 9.25. The Bertz CT molecular complexity index is 485. The summed E-state index contributed by atoms with van der Waals surface area (Å²) in [5, 5.41) is 3.13. The van der Waals surface area contributed by atoms with Crippen LogP contribution < -0.4 is 5.32 Å². The summed E-state index contributed by atoms with van der Waals surface area (Å²) in [6, 6.07) is 5.14. The van der Waals surface area contributed by atoms with Gasteiger partial charge in [-0.2, -0.15) is 0 Å². The van der Waals surface area contributed by atoms with Crippen molar-refractivity contribution >= 4 is 17.7 Å². The monoisotopic (exact) mass is 279 g/mol. The molecule has 3 rings (SSSR count). The van der Waals surface area contributed by atoms with Gasteiger partial charge in [0, 0.05) is 16.6 Å². The summed E-state index contributed by atoms with van der Waals surface area (Å²) >= 11 is 1.55. The summed E-state index contributed by atoms with van der Waals surface area (Å²) in [6.45, 7) is 0. The molecule has 0 bridgehead atoms. The number of hydrogen-bond acceptors (Lipinski definition) is 2. The van der Waals surface area contributed by atoms with Crippen molar-refractivity contribution in [3.8, 4) is 0 Å². The van der Waals surface area contributed by atoms with Crippen molar-refractivity contribution < 1.29 is 9.18 Å². The predicted octanol–water partition coefficient (Wildman–Crippen LogP) is 3.67. The van der Waals surface area contributed by atoms with Crippen molar-refractivity contribution in [1.29, 1.82) is 0 Å². The maximum Gasteiger partial charge on any atom is 0.223 e. The second kappa shape index (κ2) is 5.53. The first-order valence-corrected chi connectivity index (χ1v) is 7.96. The van der Waals surface area contributed by atoms with Crippen LogP contribution in [0, 0.1) is 11.7 Å². The van der Waals surface area contributed by atoms with E-state index in [9.17, 15) is 9.18 Å². The van der Waals surface area contributed by atoms with Crippen LogP contribution in [0.4, 0.5) is 4.39 Å². The highest BCUT2D eigenvalue weighted by Gasteiger charge is 2.28. The van der Waals surface area contributed by atoms with E-state index in [2.05, 4.69) is 5.32 Å². The Hall–Kier alpha value is -1.03. The molecule has 1 aromatic carbocycles. The van der Waals surface area contributed by atoms with E-state index >= 15 is 0 Å². The van der Waals surface area contributed by atoms with Crippen LogP contribution in [-0.4, -0.2) is 11.7 Å². The van der Waals surface area contributed by atoms with Crippen molar-refractivity contribution in [2.24, 2.45) is 5.92 Å². The van der Waals surface area contributed by atoms with Crippen LogP contribution in [0.3, 0.4) is 0 Å². The molecule has 1 heterocycles. The molecule has 1 aromatic rings. The molecule has 1 atom stereocenters. The lowest BCUT2D eigenvalue weighted by atomic mass is 10.0. The van der Waals surface area contributed by atoms with Gasteiger partial charge in [0.05, 0.1) is 6.04 Å². The van der Waals surface area contributed by atoms with Gasteiger partial charge in [0.2, 0.25) is 5.91 Å². The molecule has 2 nitrogen and oxygen atoms in total. The van der Waals surface area contributed by atoms with Crippen LogP contribution in [0.5, 0.6) is 0 Å². The predicted molar refractivity (Wildman–Crippen MR) is 74.6 cm³/mol. The summed E-state index contributed by atoms with van der Waals surface area (Å²) in [5.41, 5.74) is 0.947. The summed E-state index contributed by atoms with van der Waals surface area (Å²) in [4.78, 5) is 12.9. The summed E-state index contributed by atoms with van der Waals surface area (Å²) in [5.74, 6) is 1.03. The highest BCUT2D eigenvalue weighted by molar-refractivity contribution is 7.99. The number of rotatable bonds is 2. The van der Waals surface area contributed by atoms with Gasteiger partial charge >= 0.3 is 0 Å². The first-order valence-electron chi connectivity index (χ1n) is 6.97. The van der Waals surface area contributed by atoms with Gasteiger partial charge < -0.3 is 5.32 Å². The highest BCUT2D eigenvalue weighted by Crippen LogP contribution is 2.38. The fourth-order valence-corrected chi connectivity index (χ4v) is 4.15. The molecule has 0 radical (unpaired) electrons. The minimum atomic E-state index is -0.165. The van der Waals surface area contributed by atoms with E-state index in [-0.39, 0.29) is 23.7 Å². The number of amides is 1. The van der Waals surface area contributed by atoms with Crippen LogP contribution in [0.1, 0.15) is 43.7 Å². The van der Waals surface area contributed by atoms with E-state index in [1.54, 1.807) is 17.8 Å². The fraction of sp³-hybridized carbons (Fsp3) is 0.533. The standard InChI is InChI=1S/C15H18FNOS/c16-12-7-3-6-11-13(8-9-19-14(11)12)17-15(18)10-4-1-2-5-10/h3,6-7,10,13H,1-2,4-5,8-9H2,(H,17,18). The second-order valence-corrected chi connectivity index (χ2v) is 6.44. The minimum Gasteiger partial charge on any atom is -0.349 e. The molecule has 1 aliphatic carbocycles. The van der Waals surface area contributed by atoms with Crippen LogP contribution in [0.2, 0.25) is 0 Å². The Morgan fingerprint density at radius 3 is 2.84 bits per heavy atom. The summed E-state index contributed by atoms with van der Waals surface area (Å²) in [6.07, 6.45) is 5.21. The number of fused-ring (bicyclic) bond motifs is 1. The molecule has 0 saturated heterocycles. The lowest BCUT2D eigenvalue weighted by Gasteiger charge is -2.27. The van der Waals surface area contributed by atoms with Gasteiger partial charge in [-0.15, -0.1) is 11.8 Å². The zero-order chi connectivity index (χ0) is 13.2. The zero-order valence-electron chi connectivity index (χ0n) is 10.8. The molecular weight excluding hydrogens is 261 g/mol. The smallest absolute Gasteiger partial charge is 0.223 e. The second-order valence-electron chi connectivity index (χ2n) is 5.34. The number of carbonyl (C=O) groups excluding carboxylic acids is 1. The molecule has 1 amide bonds. The molecule has 4 heteroatoms. The Balaban J connectivity index is 1.76.